The van der Waals surface area contributed by atoms with Gasteiger partial charge >= 0.3 is 0 Å². The molecule has 1 heterocycles. The van der Waals surface area contributed by atoms with Crippen LogP contribution in [0.25, 0.3) is 0 Å². The molecule has 19 heavy (non-hydrogen) atoms. The molecule has 1 amide bonds. The van der Waals surface area contributed by atoms with Gasteiger partial charge in [-0.3, -0.25) is 4.79 Å². The Kier molecular flexibility index (Phi) is 6.76. The molecule has 0 aromatic carbocycles. The quantitative estimate of drug-likeness (QED) is 0.636. The third-order valence-corrected chi connectivity index (χ3v) is 2.36. The predicted octanol–water partition coefficient (Wildman–Crippen LogP) is -0.174. The lowest BCUT2D eigenvalue weighted by Crippen LogP contribution is -2.31. The van der Waals surface area contributed by atoms with E-state index in [1.807, 2.05) is 19.0 Å². The predicted molar refractivity (Wildman–Crippen MR) is 73.3 cm³/mol. The Morgan fingerprint density at radius 2 is 2.16 bits per heavy atom. The fourth-order valence-electron chi connectivity index (χ4n) is 1.34. The normalized spacial score (nSPS) is 10.5. The van der Waals surface area contributed by atoms with E-state index in [0.29, 0.717) is 31.2 Å². The highest BCUT2D eigenvalue weighted by Gasteiger charge is 2.07. The third kappa shape index (κ3) is 6.12. The summed E-state index contributed by atoms with van der Waals surface area (Å²) in [6, 6.07) is 1.63. The number of carbonyl (C=O) groups is 1. The van der Waals surface area contributed by atoms with Crippen LogP contribution in [-0.2, 0) is 4.74 Å². The maximum Gasteiger partial charge on any atom is 0.270 e. The SMILES string of the molecule is COCCNc1cc(C(=O)NCCN(C)C)ncn1. The summed E-state index contributed by atoms with van der Waals surface area (Å²) in [5.74, 6) is 0.420. The zero-order valence-electron chi connectivity index (χ0n) is 11.6. The number of ether oxygens (including phenoxy) is 1. The molecule has 1 aromatic rings. The van der Waals surface area contributed by atoms with Crippen LogP contribution >= 0.6 is 0 Å². The van der Waals surface area contributed by atoms with Crippen molar-refractivity contribution >= 4 is 11.7 Å². The summed E-state index contributed by atoms with van der Waals surface area (Å²) in [4.78, 5) is 21.8. The van der Waals surface area contributed by atoms with Gasteiger partial charge in [0.2, 0.25) is 0 Å². The summed E-state index contributed by atoms with van der Waals surface area (Å²) >= 11 is 0. The Balaban J connectivity index is 2.48. The second kappa shape index (κ2) is 8.39. The molecule has 1 aromatic heterocycles. The van der Waals surface area contributed by atoms with Gasteiger partial charge in [-0.2, -0.15) is 0 Å². The van der Waals surface area contributed by atoms with Crippen molar-refractivity contribution in [2.45, 2.75) is 0 Å². The number of methoxy groups -OCH3 is 1. The Bertz CT molecular complexity index is 397. The van der Waals surface area contributed by atoms with Crippen LogP contribution in [0.3, 0.4) is 0 Å². The Labute approximate surface area is 113 Å². The van der Waals surface area contributed by atoms with Crippen molar-refractivity contribution in [3.05, 3.63) is 18.1 Å². The number of nitrogens with zero attached hydrogens (tertiary/aromatic N) is 3. The minimum absolute atomic E-state index is 0.195. The molecule has 7 nitrogen and oxygen atoms in total. The van der Waals surface area contributed by atoms with E-state index >= 15 is 0 Å². The Hall–Kier alpha value is -1.73. The van der Waals surface area contributed by atoms with Gasteiger partial charge < -0.3 is 20.3 Å². The molecule has 0 spiro atoms. The topological polar surface area (TPSA) is 79.4 Å². The van der Waals surface area contributed by atoms with Crippen LogP contribution in [0.5, 0.6) is 0 Å². The number of nitrogens with one attached hydrogen (secondary N) is 2. The molecule has 0 saturated heterocycles. The van der Waals surface area contributed by atoms with Gasteiger partial charge in [0.15, 0.2) is 0 Å². The van der Waals surface area contributed by atoms with E-state index in [1.54, 1.807) is 13.2 Å². The van der Waals surface area contributed by atoms with Crippen LogP contribution in [0.15, 0.2) is 12.4 Å². The van der Waals surface area contributed by atoms with Crippen molar-refractivity contribution in [1.82, 2.24) is 20.2 Å². The average Bonchev–Trinajstić information content (AvgIpc) is 2.39. The van der Waals surface area contributed by atoms with E-state index < -0.39 is 0 Å². The summed E-state index contributed by atoms with van der Waals surface area (Å²) < 4.78 is 4.93. The van der Waals surface area contributed by atoms with Crippen molar-refractivity contribution in [3.63, 3.8) is 0 Å². The fourth-order valence-corrected chi connectivity index (χ4v) is 1.34. The minimum atomic E-state index is -0.195. The number of rotatable bonds is 8. The van der Waals surface area contributed by atoms with Gasteiger partial charge in [-0.05, 0) is 14.1 Å². The van der Waals surface area contributed by atoms with Crippen molar-refractivity contribution in [1.29, 1.82) is 0 Å². The molecular weight excluding hydrogens is 246 g/mol. The number of likely N-dealkylation sites (N-methyl/N-ethyl adjacent to an activating group) is 1. The molecule has 0 unspecified atom stereocenters. The number of carbonyl (C=O) groups excluding carboxylic acids is 1. The maximum atomic E-state index is 11.8. The summed E-state index contributed by atoms with van der Waals surface area (Å²) in [7, 11) is 5.54. The lowest BCUT2D eigenvalue weighted by atomic mass is 10.3. The first-order valence-electron chi connectivity index (χ1n) is 6.11. The molecule has 0 aliphatic heterocycles. The molecule has 1 rings (SSSR count). The molecule has 7 heteroatoms. The van der Waals surface area contributed by atoms with E-state index in [2.05, 4.69) is 20.6 Å². The van der Waals surface area contributed by atoms with Gasteiger partial charge in [0, 0.05) is 32.8 Å². The molecule has 0 bridgehead atoms. The first-order valence-corrected chi connectivity index (χ1v) is 6.11. The van der Waals surface area contributed by atoms with Crippen LogP contribution in [0, 0.1) is 0 Å². The number of amides is 1. The fraction of sp³-hybridized carbons (Fsp3) is 0.583. The van der Waals surface area contributed by atoms with Crippen molar-refractivity contribution in [2.75, 3.05) is 52.8 Å². The molecule has 106 valence electrons. The van der Waals surface area contributed by atoms with Gasteiger partial charge in [-0.15, -0.1) is 0 Å². The number of anilines is 1. The Morgan fingerprint density at radius 1 is 1.37 bits per heavy atom. The monoisotopic (exact) mass is 267 g/mol. The molecule has 0 aliphatic carbocycles. The average molecular weight is 267 g/mol. The molecule has 0 fully saturated rings. The molecular formula is C12H21N5O2. The summed E-state index contributed by atoms with van der Waals surface area (Å²) in [6.45, 7) is 2.58. The van der Waals surface area contributed by atoms with Gasteiger partial charge in [0.1, 0.15) is 17.8 Å². The second-order valence-electron chi connectivity index (χ2n) is 4.27. The standard InChI is InChI=1S/C12H21N5O2/c1-17(2)6-4-14-12(18)10-8-11(16-9-15-10)13-5-7-19-3/h8-9H,4-7H2,1-3H3,(H,14,18)(H,13,15,16). The van der Waals surface area contributed by atoms with Gasteiger partial charge in [-0.1, -0.05) is 0 Å². The number of hydrogen-bond donors (Lipinski definition) is 2. The van der Waals surface area contributed by atoms with Crippen LogP contribution in [0.2, 0.25) is 0 Å². The van der Waals surface area contributed by atoms with Crippen molar-refractivity contribution < 1.29 is 9.53 Å². The number of hydrogen-bond acceptors (Lipinski definition) is 6. The summed E-state index contributed by atoms with van der Waals surface area (Å²) in [5.41, 5.74) is 0.355. The molecule has 0 radical (unpaired) electrons. The first-order chi connectivity index (χ1) is 9.13. The third-order valence-electron chi connectivity index (χ3n) is 2.36. The van der Waals surface area contributed by atoms with Crippen LogP contribution in [0.1, 0.15) is 10.5 Å². The minimum Gasteiger partial charge on any atom is -0.383 e. The highest BCUT2D eigenvalue weighted by Crippen LogP contribution is 2.03. The molecule has 0 saturated carbocycles. The first kappa shape index (κ1) is 15.3. The smallest absolute Gasteiger partial charge is 0.270 e. The van der Waals surface area contributed by atoms with E-state index in [4.69, 9.17) is 4.74 Å². The van der Waals surface area contributed by atoms with Gasteiger partial charge in [0.25, 0.3) is 5.91 Å². The van der Waals surface area contributed by atoms with E-state index in [1.165, 1.54) is 6.33 Å². The number of aromatic nitrogens is 2. The van der Waals surface area contributed by atoms with Crippen LogP contribution in [-0.4, -0.2) is 68.2 Å². The highest BCUT2D eigenvalue weighted by atomic mass is 16.5. The maximum absolute atomic E-state index is 11.8. The van der Waals surface area contributed by atoms with Crippen LogP contribution < -0.4 is 10.6 Å². The zero-order chi connectivity index (χ0) is 14.1. The lowest BCUT2D eigenvalue weighted by molar-refractivity contribution is 0.0946. The summed E-state index contributed by atoms with van der Waals surface area (Å²) in [6.07, 6.45) is 1.37. The van der Waals surface area contributed by atoms with Crippen molar-refractivity contribution in [3.8, 4) is 0 Å². The highest BCUT2D eigenvalue weighted by molar-refractivity contribution is 5.92. The van der Waals surface area contributed by atoms with E-state index in [-0.39, 0.29) is 5.91 Å². The largest absolute Gasteiger partial charge is 0.383 e. The van der Waals surface area contributed by atoms with Crippen LogP contribution in [0.4, 0.5) is 5.82 Å². The van der Waals surface area contributed by atoms with Crippen molar-refractivity contribution in [2.24, 2.45) is 0 Å². The van der Waals surface area contributed by atoms with Gasteiger partial charge in [-0.25, -0.2) is 9.97 Å². The summed E-state index contributed by atoms with van der Waals surface area (Å²) in [5, 5.41) is 5.85. The second-order valence-corrected chi connectivity index (χ2v) is 4.27. The Morgan fingerprint density at radius 3 is 2.84 bits per heavy atom. The van der Waals surface area contributed by atoms with E-state index in [0.717, 1.165) is 6.54 Å². The molecule has 0 aliphatic rings. The molecule has 2 N–H and O–H groups in total. The van der Waals surface area contributed by atoms with Gasteiger partial charge in [0.05, 0.1) is 6.61 Å². The zero-order valence-corrected chi connectivity index (χ0v) is 11.6. The lowest BCUT2D eigenvalue weighted by Gasteiger charge is -2.10. The molecule has 0 atom stereocenters. The van der Waals surface area contributed by atoms with E-state index in [9.17, 15) is 4.79 Å².